The maximum Gasteiger partial charge on any atom is 0.0551 e. The summed E-state index contributed by atoms with van der Waals surface area (Å²) in [6.07, 6.45) is 6.16. The molecule has 3 rings (SSSR count). The quantitative estimate of drug-likeness (QED) is 0.706. The Kier molecular flexibility index (Phi) is 2.00. The molecule has 2 aliphatic rings. The molecule has 72 valence electrons. The molecule has 0 atom stereocenters. The van der Waals surface area contributed by atoms with Crippen LogP contribution >= 0.6 is 27.5 Å². The number of benzene rings is 1. The van der Waals surface area contributed by atoms with Crippen molar-refractivity contribution in [2.24, 2.45) is 5.92 Å². The van der Waals surface area contributed by atoms with Gasteiger partial charge in [-0.15, -0.1) is 0 Å². The third-order valence-corrected chi connectivity index (χ3v) is 4.21. The summed E-state index contributed by atoms with van der Waals surface area (Å²) in [5.41, 5.74) is 4.36. The SMILES string of the molecule is Clc1cc2c(cc1Br)C(C1CC1)=CC2. The van der Waals surface area contributed by atoms with E-state index in [2.05, 4.69) is 34.1 Å². The van der Waals surface area contributed by atoms with Crippen LogP contribution in [0.3, 0.4) is 0 Å². The standard InChI is InChI=1S/C12H10BrCl/c13-11-6-10-8(5-12(11)14)3-4-9(10)7-1-2-7/h4-7H,1-3H2. The van der Waals surface area contributed by atoms with Crippen LogP contribution in [0.15, 0.2) is 22.7 Å². The summed E-state index contributed by atoms with van der Waals surface area (Å²) in [5, 5.41) is 0.828. The van der Waals surface area contributed by atoms with E-state index < -0.39 is 0 Å². The van der Waals surface area contributed by atoms with Gasteiger partial charge in [0.25, 0.3) is 0 Å². The minimum Gasteiger partial charge on any atom is -0.0831 e. The molecule has 0 saturated heterocycles. The highest BCUT2D eigenvalue weighted by Gasteiger charge is 2.30. The van der Waals surface area contributed by atoms with Crippen LogP contribution in [-0.2, 0) is 6.42 Å². The smallest absolute Gasteiger partial charge is 0.0551 e. The highest BCUT2D eigenvalue weighted by Crippen LogP contribution is 2.47. The highest BCUT2D eigenvalue weighted by molar-refractivity contribution is 9.10. The third kappa shape index (κ3) is 1.34. The molecule has 0 N–H and O–H groups in total. The van der Waals surface area contributed by atoms with Gasteiger partial charge < -0.3 is 0 Å². The van der Waals surface area contributed by atoms with Gasteiger partial charge in [0.05, 0.1) is 5.02 Å². The van der Waals surface area contributed by atoms with Crippen LogP contribution in [0.2, 0.25) is 5.02 Å². The number of fused-ring (bicyclic) bond motifs is 1. The van der Waals surface area contributed by atoms with Crippen LogP contribution in [0, 0.1) is 5.92 Å². The van der Waals surface area contributed by atoms with E-state index >= 15 is 0 Å². The van der Waals surface area contributed by atoms with Crippen LogP contribution < -0.4 is 0 Å². The third-order valence-electron chi connectivity index (χ3n) is 3.02. The Morgan fingerprint density at radius 1 is 1.29 bits per heavy atom. The van der Waals surface area contributed by atoms with E-state index in [1.165, 1.54) is 24.0 Å². The summed E-state index contributed by atoms with van der Waals surface area (Å²) in [6.45, 7) is 0. The van der Waals surface area contributed by atoms with Gasteiger partial charge in [0.15, 0.2) is 0 Å². The molecular weight excluding hydrogens is 259 g/mol. The largest absolute Gasteiger partial charge is 0.0831 e. The van der Waals surface area contributed by atoms with Crippen LogP contribution in [0.25, 0.3) is 5.57 Å². The van der Waals surface area contributed by atoms with Crippen molar-refractivity contribution in [1.29, 1.82) is 0 Å². The molecule has 0 aliphatic heterocycles. The summed E-state index contributed by atoms with van der Waals surface area (Å²) in [4.78, 5) is 0. The fourth-order valence-corrected chi connectivity index (χ4v) is 2.67. The Bertz CT molecular complexity index is 430. The molecule has 0 spiro atoms. The molecule has 0 nitrogen and oxygen atoms in total. The number of allylic oxidation sites excluding steroid dienone is 2. The lowest BCUT2D eigenvalue weighted by molar-refractivity contribution is 1.15. The van der Waals surface area contributed by atoms with E-state index in [1.54, 1.807) is 5.57 Å². The van der Waals surface area contributed by atoms with Gasteiger partial charge in [-0.25, -0.2) is 0 Å². The Balaban J connectivity index is 2.10. The summed E-state index contributed by atoms with van der Waals surface area (Å²) >= 11 is 9.55. The van der Waals surface area contributed by atoms with Crippen molar-refractivity contribution in [3.8, 4) is 0 Å². The van der Waals surface area contributed by atoms with E-state index in [0.717, 1.165) is 21.8 Å². The van der Waals surface area contributed by atoms with Crippen molar-refractivity contribution < 1.29 is 0 Å². The number of rotatable bonds is 1. The molecule has 0 amide bonds. The van der Waals surface area contributed by atoms with Gasteiger partial charge in [0, 0.05) is 4.47 Å². The molecule has 1 saturated carbocycles. The molecule has 0 unspecified atom stereocenters. The van der Waals surface area contributed by atoms with Crippen LogP contribution in [-0.4, -0.2) is 0 Å². The molecule has 2 aliphatic carbocycles. The molecule has 0 bridgehead atoms. The molecule has 2 heteroatoms. The zero-order chi connectivity index (χ0) is 9.71. The lowest BCUT2D eigenvalue weighted by Crippen LogP contribution is -1.87. The van der Waals surface area contributed by atoms with Gasteiger partial charge in [-0.2, -0.15) is 0 Å². The monoisotopic (exact) mass is 268 g/mol. The maximum atomic E-state index is 6.07. The fraction of sp³-hybridized carbons (Fsp3) is 0.333. The maximum absolute atomic E-state index is 6.07. The van der Waals surface area contributed by atoms with E-state index in [9.17, 15) is 0 Å². The zero-order valence-corrected chi connectivity index (χ0v) is 10.0. The highest BCUT2D eigenvalue weighted by atomic mass is 79.9. The van der Waals surface area contributed by atoms with Gasteiger partial charge in [-0.05, 0) is 69.9 Å². The Morgan fingerprint density at radius 3 is 2.79 bits per heavy atom. The van der Waals surface area contributed by atoms with E-state index in [4.69, 9.17) is 11.6 Å². The van der Waals surface area contributed by atoms with Gasteiger partial charge >= 0.3 is 0 Å². The molecule has 14 heavy (non-hydrogen) atoms. The summed E-state index contributed by atoms with van der Waals surface area (Å²) < 4.78 is 1.02. The second-order valence-electron chi connectivity index (χ2n) is 4.06. The molecule has 1 fully saturated rings. The van der Waals surface area contributed by atoms with Crippen LogP contribution in [0.1, 0.15) is 24.0 Å². The minimum absolute atomic E-state index is 0.828. The van der Waals surface area contributed by atoms with Gasteiger partial charge in [-0.1, -0.05) is 17.7 Å². The Labute approximate surface area is 97.1 Å². The second-order valence-corrected chi connectivity index (χ2v) is 5.32. The lowest BCUT2D eigenvalue weighted by atomic mass is 10.0. The van der Waals surface area contributed by atoms with E-state index in [-0.39, 0.29) is 0 Å². The Hall–Kier alpha value is -0.270. The number of halogens is 2. The van der Waals surface area contributed by atoms with E-state index in [0.29, 0.717) is 0 Å². The van der Waals surface area contributed by atoms with Crippen molar-refractivity contribution in [3.05, 3.63) is 38.8 Å². The molecule has 0 radical (unpaired) electrons. The van der Waals surface area contributed by atoms with Crippen LogP contribution in [0.5, 0.6) is 0 Å². The average molecular weight is 270 g/mol. The minimum atomic E-state index is 0.828. The molecule has 1 aromatic rings. The van der Waals surface area contributed by atoms with Crippen molar-refractivity contribution >= 4 is 33.1 Å². The number of hydrogen-bond donors (Lipinski definition) is 0. The van der Waals surface area contributed by atoms with Crippen molar-refractivity contribution in [2.45, 2.75) is 19.3 Å². The van der Waals surface area contributed by atoms with Gasteiger partial charge in [-0.3, -0.25) is 0 Å². The summed E-state index contributed by atoms with van der Waals surface area (Å²) in [6, 6.07) is 4.27. The van der Waals surface area contributed by atoms with Crippen molar-refractivity contribution in [2.75, 3.05) is 0 Å². The number of hydrogen-bond acceptors (Lipinski definition) is 0. The predicted octanol–water partition coefficient (Wildman–Crippen LogP) is 4.45. The van der Waals surface area contributed by atoms with Crippen LogP contribution in [0.4, 0.5) is 0 Å². The lowest BCUT2D eigenvalue weighted by Gasteiger charge is -2.06. The average Bonchev–Trinajstić information content (AvgIpc) is 2.91. The molecule has 0 heterocycles. The zero-order valence-electron chi connectivity index (χ0n) is 7.69. The topological polar surface area (TPSA) is 0 Å². The summed E-state index contributed by atoms with van der Waals surface area (Å²) in [7, 11) is 0. The molecular formula is C12H10BrCl. The predicted molar refractivity (Wildman–Crippen MR) is 63.6 cm³/mol. The summed E-state index contributed by atoms with van der Waals surface area (Å²) in [5.74, 6) is 0.837. The first-order chi connectivity index (χ1) is 6.75. The van der Waals surface area contributed by atoms with Crippen molar-refractivity contribution in [3.63, 3.8) is 0 Å². The van der Waals surface area contributed by atoms with Crippen molar-refractivity contribution in [1.82, 2.24) is 0 Å². The Morgan fingerprint density at radius 2 is 2.07 bits per heavy atom. The first kappa shape index (κ1) is 8.99. The van der Waals surface area contributed by atoms with E-state index in [1.807, 2.05) is 0 Å². The first-order valence-corrected chi connectivity index (χ1v) is 6.11. The first-order valence-electron chi connectivity index (χ1n) is 4.94. The van der Waals surface area contributed by atoms with Gasteiger partial charge in [0.2, 0.25) is 0 Å². The van der Waals surface area contributed by atoms with Gasteiger partial charge in [0.1, 0.15) is 0 Å². The molecule has 1 aromatic carbocycles. The molecule has 0 aromatic heterocycles. The normalized spacial score (nSPS) is 19.4. The fourth-order valence-electron chi connectivity index (χ4n) is 2.14. The second kappa shape index (κ2) is 3.11.